The number of nitrogens with zero attached hydrogens (tertiary/aromatic N) is 1. The van der Waals surface area contributed by atoms with E-state index in [0.717, 1.165) is 4.90 Å². The lowest BCUT2D eigenvalue weighted by Gasteiger charge is -2.25. The Morgan fingerprint density at radius 3 is 2.60 bits per heavy atom. The fourth-order valence-corrected chi connectivity index (χ4v) is 1.87. The number of hydrogen-bond acceptors (Lipinski definition) is 3. The van der Waals surface area contributed by atoms with E-state index in [9.17, 15) is 18.4 Å². The van der Waals surface area contributed by atoms with E-state index < -0.39 is 24.1 Å². The van der Waals surface area contributed by atoms with Crippen molar-refractivity contribution >= 4 is 45.2 Å². The minimum absolute atomic E-state index is 0.148. The molecule has 0 atom stereocenters. The monoisotopic (exact) mass is 368 g/mol. The maximum absolute atomic E-state index is 11.9. The van der Waals surface area contributed by atoms with Gasteiger partial charge in [0, 0.05) is 10.7 Å². The molecule has 0 radical (unpaired) electrons. The Bertz CT molecular complexity index is 547. The number of alkyl halides is 2. The molecule has 3 N–H and O–H groups in total. The van der Waals surface area contributed by atoms with Gasteiger partial charge in [0.25, 0.3) is 0 Å². The number of nitrogens with one attached hydrogen (secondary N) is 3. The number of allylic oxidation sites excluding steroid dienone is 3. The van der Waals surface area contributed by atoms with E-state index in [2.05, 4.69) is 22.5 Å². The fraction of sp³-hybridized carbons (Fsp3) is 0.100. The Kier molecular flexibility index (Phi) is 5.40. The average Bonchev–Trinajstić information content (AvgIpc) is 2.38. The van der Waals surface area contributed by atoms with Crippen LogP contribution in [0.15, 0.2) is 34.1 Å². The predicted molar refractivity (Wildman–Crippen MR) is 71.9 cm³/mol. The van der Waals surface area contributed by atoms with Crippen molar-refractivity contribution in [2.45, 2.75) is 6.43 Å². The number of carbonyl (C=O) groups is 2. The predicted octanol–water partition coefficient (Wildman–Crippen LogP) is 1.56. The summed E-state index contributed by atoms with van der Waals surface area (Å²) in [6.45, 7) is 3.57. The number of hydrogen-bond donors (Lipinski definition) is 3. The minimum atomic E-state index is -3.28. The van der Waals surface area contributed by atoms with Crippen molar-refractivity contribution in [3.63, 3.8) is 0 Å². The van der Waals surface area contributed by atoms with Crippen LogP contribution in [0.5, 0.6) is 0 Å². The lowest BCUT2D eigenvalue weighted by atomic mass is 10.2. The molecular formula is C10H8BrClF2N4O2. The molecule has 1 aliphatic heterocycles. The highest BCUT2D eigenvalue weighted by atomic mass is 79.9. The summed E-state index contributed by atoms with van der Waals surface area (Å²) in [5.41, 5.74) is 3.30. The SMILES string of the molecule is C=C1C(Cl)=CC(Br)=CN1C(=N)C(=O)NNC(=O)C(F)F. The van der Waals surface area contributed by atoms with E-state index in [1.165, 1.54) is 17.7 Å². The van der Waals surface area contributed by atoms with Gasteiger partial charge in [-0.25, -0.2) is 0 Å². The normalized spacial score (nSPS) is 14.7. The molecule has 0 fully saturated rings. The van der Waals surface area contributed by atoms with Gasteiger partial charge in [0.2, 0.25) is 0 Å². The van der Waals surface area contributed by atoms with Crippen LogP contribution in [0.2, 0.25) is 0 Å². The van der Waals surface area contributed by atoms with Crippen LogP contribution in [0.4, 0.5) is 8.78 Å². The summed E-state index contributed by atoms with van der Waals surface area (Å²) >= 11 is 8.94. The Hall–Kier alpha value is -1.74. The first-order chi connectivity index (χ1) is 9.23. The molecule has 1 aliphatic rings. The van der Waals surface area contributed by atoms with Gasteiger partial charge < -0.3 is 0 Å². The molecule has 0 saturated carbocycles. The lowest BCUT2D eigenvalue weighted by Crippen LogP contribution is -2.50. The van der Waals surface area contributed by atoms with Crippen LogP contribution in [0.25, 0.3) is 0 Å². The summed E-state index contributed by atoms with van der Waals surface area (Å²) in [5.74, 6) is -3.45. The van der Waals surface area contributed by atoms with Crippen LogP contribution in [0, 0.1) is 5.41 Å². The standard InChI is InChI=1S/C10H8BrClF2N4O2/c1-4-6(12)2-5(11)3-18(4)8(15)10(20)17-16-9(19)7(13)14/h2-3,7,15H,1H2,(H,16,19)(H,17,20). The van der Waals surface area contributed by atoms with Crippen molar-refractivity contribution < 1.29 is 18.4 Å². The van der Waals surface area contributed by atoms with Crippen molar-refractivity contribution in [1.82, 2.24) is 15.8 Å². The first-order valence-electron chi connectivity index (χ1n) is 4.94. The highest BCUT2D eigenvalue weighted by molar-refractivity contribution is 9.11. The van der Waals surface area contributed by atoms with Crippen LogP contribution in [0.1, 0.15) is 0 Å². The Balaban J connectivity index is 2.71. The molecule has 0 spiro atoms. The summed E-state index contributed by atoms with van der Waals surface area (Å²) in [6.07, 6.45) is -0.435. The molecule has 20 heavy (non-hydrogen) atoms. The summed E-state index contributed by atoms with van der Waals surface area (Å²) in [6, 6.07) is 0. The van der Waals surface area contributed by atoms with Gasteiger partial charge in [-0.05, 0) is 22.0 Å². The third-order valence-electron chi connectivity index (χ3n) is 2.04. The number of amides is 2. The van der Waals surface area contributed by atoms with Crippen LogP contribution in [0.3, 0.4) is 0 Å². The average molecular weight is 370 g/mol. The third-order valence-corrected chi connectivity index (χ3v) is 2.80. The molecule has 0 aromatic heterocycles. The smallest absolute Gasteiger partial charge is 0.296 e. The topological polar surface area (TPSA) is 85.3 Å². The van der Waals surface area contributed by atoms with Crippen LogP contribution < -0.4 is 10.9 Å². The molecule has 0 aromatic carbocycles. The van der Waals surface area contributed by atoms with E-state index >= 15 is 0 Å². The highest BCUT2D eigenvalue weighted by Crippen LogP contribution is 2.28. The van der Waals surface area contributed by atoms with Crippen molar-refractivity contribution in [3.05, 3.63) is 34.1 Å². The molecule has 1 heterocycles. The minimum Gasteiger partial charge on any atom is -0.296 e. The zero-order chi connectivity index (χ0) is 15.4. The Labute approximate surface area is 125 Å². The second-order valence-corrected chi connectivity index (χ2v) is 4.74. The summed E-state index contributed by atoms with van der Waals surface area (Å²) < 4.78 is 24.3. The molecular weight excluding hydrogens is 361 g/mol. The van der Waals surface area contributed by atoms with Gasteiger partial charge in [-0.2, -0.15) is 8.78 Å². The molecule has 1 rings (SSSR count). The first kappa shape index (κ1) is 16.3. The molecule has 0 saturated heterocycles. The molecule has 6 nitrogen and oxygen atoms in total. The van der Waals surface area contributed by atoms with Gasteiger partial charge in [-0.15, -0.1) is 0 Å². The third kappa shape index (κ3) is 3.87. The largest absolute Gasteiger partial charge is 0.317 e. The molecule has 108 valence electrons. The van der Waals surface area contributed by atoms with E-state index in [1.54, 1.807) is 5.43 Å². The number of rotatable bonds is 1. The van der Waals surface area contributed by atoms with E-state index in [-0.39, 0.29) is 10.7 Å². The second kappa shape index (κ2) is 6.62. The van der Waals surface area contributed by atoms with Gasteiger partial charge >= 0.3 is 18.2 Å². The molecule has 0 aliphatic carbocycles. The van der Waals surface area contributed by atoms with Crippen molar-refractivity contribution in [3.8, 4) is 0 Å². The molecule has 10 heteroatoms. The van der Waals surface area contributed by atoms with Crippen LogP contribution >= 0.6 is 27.5 Å². The number of carbonyl (C=O) groups excluding carboxylic acids is 2. The zero-order valence-electron chi connectivity index (χ0n) is 9.71. The Morgan fingerprint density at radius 1 is 1.45 bits per heavy atom. The van der Waals surface area contributed by atoms with Crippen LogP contribution in [-0.4, -0.2) is 29.0 Å². The van der Waals surface area contributed by atoms with Gasteiger partial charge in [-0.3, -0.25) is 30.7 Å². The van der Waals surface area contributed by atoms with Crippen molar-refractivity contribution in [1.29, 1.82) is 5.41 Å². The Morgan fingerprint density at radius 2 is 2.05 bits per heavy atom. The highest BCUT2D eigenvalue weighted by Gasteiger charge is 2.24. The summed E-state index contributed by atoms with van der Waals surface area (Å²) in [5, 5.41) is 7.80. The van der Waals surface area contributed by atoms with Gasteiger partial charge in [0.15, 0.2) is 5.84 Å². The quantitative estimate of drug-likeness (QED) is 0.372. The number of amidine groups is 1. The molecule has 0 aromatic rings. The summed E-state index contributed by atoms with van der Waals surface area (Å²) in [7, 11) is 0. The number of halogens is 4. The lowest BCUT2D eigenvalue weighted by molar-refractivity contribution is -0.134. The molecule has 2 amide bonds. The second-order valence-electron chi connectivity index (χ2n) is 3.42. The van der Waals surface area contributed by atoms with Gasteiger partial charge in [-0.1, -0.05) is 18.2 Å². The summed E-state index contributed by atoms with van der Waals surface area (Å²) in [4.78, 5) is 23.2. The maximum atomic E-state index is 11.9. The zero-order valence-corrected chi connectivity index (χ0v) is 12.1. The molecule has 0 bridgehead atoms. The van der Waals surface area contributed by atoms with E-state index in [0.29, 0.717) is 4.48 Å². The van der Waals surface area contributed by atoms with Gasteiger partial charge in [0.05, 0.1) is 10.7 Å². The van der Waals surface area contributed by atoms with Crippen molar-refractivity contribution in [2.75, 3.05) is 0 Å². The first-order valence-corrected chi connectivity index (χ1v) is 6.11. The van der Waals surface area contributed by atoms with E-state index in [1.807, 2.05) is 0 Å². The van der Waals surface area contributed by atoms with Crippen LogP contribution in [-0.2, 0) is 9.59 Å². The molecule has 0 unspecified atom stereocenters. The van der Waals surface area contributed by atoms with Gasteiger partial charge in [0.1, 0.15) is 0 Å². The number of hydrazine groups is 1. The maximum Gasteiger partial charge on any atom is 0.317 e. The van der Waals surface area contributed by atoms with E-state index in [4.69, 9.17) is 17.0 Å². The van der Waals surface area contributed by atoms with Crippen molar-refractivity contribution in [2.24, 2.45) is 0 Å². The fourth-order valence-electron chi connectivity index (χ4n) is 1.10.